The maximum absolute atomic E-state index is 8.67. The number of ether oxygens (including phenoxy) is 1. The van der Waals surface area contributed by atoms with Gasteiger partial charge in [-0.15, -0.1) is 0 Å². The first-order valence-electron chi connectivity index (χ1n) is 3.17. The Morgan fingerprint density at radius 2 is 2.44 bits per heavy atom. The molecule has 3 heteroatoms. The van der Waals surface area contributed by atoms with E-state index in [1.807, 2.05) is 18.7 Å². The summed E-state index contributed by atoms with van der Waals surface area (Å²) in [4.78, 5) is 0. The third-order valence-corrected chi connectivity index (χ3v) is 2.60. The summed E-state index contributed by atoms with van der Waals surface area (Å²) in [7, 11) is 0. The van der Waals surface area contributed by atoms with E-state index >= 15 is 0 Å². The van der Waals surface area contributed by atoms with E-state index in [1.165, 1.54) is 0 Å². The fourth-order valence-electron chi connectivity index (χ4n) is 0.868. The molecule has 0 saturated carbocycles. The summed E-state index contributed by atoms with van der Waals surface area (Å²) < 4.78 is 5.36. The van der Waals surface area contributed by atoms with Gasteiger partial charge in [0.25, 0.3) is 0 Å². The Labute approximate surface area is 59.6 Å². The zero-order valence-electron chi connectivity index (χ0n) is 5.54. The molecule has 1 rings (SSSR count). The minimum absolute atomic E-state index is 0.0822. The van der Waals surface area contributed by atoms with Crippen molar-refractivity contribution in [3.8, 4) is 0 Å². The van der Waals surface area contributed by atoms with E-state index < -0.39 is 0 Å². The van der Waals surface area contributed by atoms with E-state index in [0.717, 1.165) is 11.5 Å². The third-order valence-electron chi connectivity index (χ3n) is 1.28. The first-order valence-corrected chi connectivity index (χ1v) is 4.32. The van der Waals surface area contributed by atoms with Crippen molar-refractivity contribution < 1.29 is 9.84 Å². The molecule has 1 saturated heterocycles. The quantitative estimate of drug-likeness (QED) is 0.587. The van der Waals surface area contributed by atoms with E-state index in [4.69, 9.17) is 9.84 Å². The molecule has 0 radical (unpaired) electrons. The summed E-state index contributed by atoms with van der Waals surface area (Å²) in [6, 6.07) is 0. The van der Waals surface area contributed by atoms with Gasteiger partial charge in [0.05, 0.1) is 18.8 Å². The molecule has 1 fully saturated rings. The van der Waals surface area contributed by atoms with Crippen LogP contribution in [0.4, 0.5) is 0 Å². The molecule has 0 aromatic carbocycles. The zero-order chi connectivity index (χ0) is 6.69. The lowest BCUT2D eigenvalue weighted by atomic mass is 10.4. The lowest BCUT2D eigenvalue weighted by Gasteiger charge is -2.25. The van der Waals surface area contributed by atoms with Crippen molar-refractivity contribution in [3.05, 3.63) is 0 Å². The van der Waals surface area contributed by atoms with Crippen molar-refractivity contribution in [2.24, 2.45) is 0 Å². The molecule has 9 heavy (non-hydrogen) atoms. The summed E-state index contributed by atoms with van der Waals surface area (Å²) in [5.41, 5.74) is 0. The van der Waals surface area contributed by atoms with Gasteiger partial charge in [0.2, 0.25) is 0 Å². The van der Waals surface area contributed by atoms with Crippen LogP contribution in [-0.4, -0.2) is 35.4 Å². The number of aliphatic hydroxyl groups is 1. The fraction of sp³-hybridized carbons (Fsp3) is 1.00. The SMILES string of the molecule is C[C@@H]1CSC[C@@H](CO)O1. The normalized spacial score (nSPS) is 36.7. The van der Waals surface area contributed by atoms with Crippen LogP contribution in [0.1, 0.15) is 6.92 Å². The van der Waals surface area contributed by atoms with Gasteiger partial charge < -0.3 is 9.84 Å². The molecule has 1 aliphatic rings. The van der Waals surface area contributed by atoms with Crippen LogP contribution in [0.25, 0.3) is 0 Å². The van der Waals surface area contributed by atoms with Crippen LogP contribution in [0.3, 0.4) is 0 Å². The van der Waals surface area contributed by atoms with Gasteiger partial charge in [0.1, 0.15) is 0 Å². The number of hydrogen-bond donors (Lipinski definition) is 1. The van der Waals surface area contributed by atoms with Crippen molar-refractivity contribution in [1.29, 1.82) is 0 Å². The van der Waals surface area contributed by atoms with Crippen LogP contribution in [0.15, 0.2) is 0 Å². The van der Waals surface area contributed by atoms with Gasteiger partial charge in [-0.2, -0.15) is 11.8 Å². The molecule has 1 aliphatic heterocycles. The molecule has 2 atom stereocenters. The first-order chi connectivity index (χ1) is 4.33. The predicted octanol–water partition coefficient (Wildman–Crippen LogP) is 0.499. The molecule has 0 aromatic rings. The Hall–Kier alpha value is 0.270. The van der Waals surface area contributed by atoms with Crippen LogP contribution >= 0.6 is 11.8 Å². The van der Waals surface area contributed by atoms with Crippen molar-refractivity contribution in [2.75, 3.05) is 18.1 Å². The largest absolute Gasteiger partial charge is 0.394 e. The van der Waals surface area contributed by atoms with Crippen molar-refractivity contribution in [2.45, 2.75) is 19.1 Å². The van der Waals surface area contributed by atoms with Crippen LogP contribution in [-0.2, 0) is 4.74 Å². The van der Waals surface area contributed by atoms with Gasteiger partial charge in [0.15, 0.2) is 0 Å². The second-order valence-electron chi connectivity index (χ2n) is 2.29. The van der Waals surface area contributed by atoms with E-state index in [1.54, 1.807) is 0 Å². The Bertz CT molecular complexity index is 87.1. The topological polar surface area (TPSA) is 29.5 Å². The minimum atomic E-state index is 0.0822. The predicted molar refractivity (Wildman–Crippen MR) is 38.7 cm³/mol. The van der Waals surface area contributed by atoms with E-state index in [2.05, 4.69) is 0 Å². The maximum Gasteiger partial charge on any atom is 0.0899 e. The second-order valence-corrected chi connectivity index (χ2v) is 3.36. The Morgan fingerprint density at radius 1 is 1.67 bits per heavy atom. The standard InChI is InChI=1S/C6H12O2S/c1-5-3-9-4-6(2-7)8-5/h5-7H,2-4H2,1H3/t5-,6-/m1/s1. The lowest BCUT2D eigenvalue weighted by Crippen LogP contribution is -2.31. The summed E-state index contributed by atoms with van der Waals surface area (Å²) in [5.74, 6) is 2.01. The monoisotopic (exact) mass is 148 g/mol. The summed E-state index contributed by atoms with van der Waals surface area (Å²) in [6.45, 7) is 2.20. The second kappa shape index (κ2) is 3.44. The average Bonchev–Trinajstić information content (AvgIpc) is 1.88. The molecule has 54 valence electrons. The summed E-state index contributed by atoms with van der Waals surface area (Å²) in [5, 5.41) is 8.67. The molecule has 0 aliphatic carbocycles. The Kier molecular flexibility index (Phi) is 2.82. The number of thioether (sulfide) groups is 1. The highest BCUT2D eigenvalue weighted by molar-refractivity contribution is 7.99. The zero-order valence-corrected chi connectivity index (χ0v) is 6.36. The number of rotatable bonds is 1. The first kappa shape index (κ1) is 7.38. The van der Waals surface area contributed by atoms with E-state index in [9.17, 15) is 0 Å². The fourth-order valence-corrected chi connectivity index (χ4v) is 1.86. The molecular formula is C6H12O2S. The van der Waals surface area contributed by atoms with Crippen LogP contribution in [0, 0.1) is 0 Å². The van der Waals surface area contributed by atoms with Gasteiger partial charge >= 0.3 is 0 Å². The van der Waals surface area contributed by atoms with Crippen LogP contribution in [0.5, 0.6) is 0 Å². The Balaban J connectivity index is 2.23. The maximum atomic E-state index is 8.67. The molecule has 0 unspecified atom stereocenters. The molecule has 1 N–H and O–H groups in total. The molecular weight excluding hydrogens is 136 g/mol. The summed E-state index contributed by atoms with van der Waals surface area (Å²) >= 11 is 1.85. The van der Waals surface area contributed by atoms with Gasteiger partial charge in [0, 0.05) is 11.5 Å². The molecule has 0 bridgehead atoms. The van der Waals surface area contributed by atoms with Crippen molar-refractivity contribution >= 4 is 11.8 Å². The number of aliphatic hydroxyl groups excluding tert-OH is 1. The molecule has 0 aromatic heterocycles. The highest BCUT2D eigenvalue weighted by Gasteiger charge is 2.17. The van der Waals surface area contributed by atoms with E-state index in [0.29, 0.717) is 6.10 Å². The van der Waals surface area contributed by atoms with Gasteiger partial charge in [-0.25, -0.2) is 0 Å². The van der Waals surface area contributed by atoms with Gasteiger partial charge in [-0.1, -0.05) is 0 Å². The molecule has 0 amide bonds. The average molecular weight is 148 g/mol. The highest BCUT2D eigenvalue weighted by atomic mass is 32.2. The van der Waals surface area contributed by atoms with Crippen LogP contribution < -0.4 is 0 Å². The van der Waals surface area contributed by atoms with Gasteiger partial charge in [-0.3, -0.25) is 0 Å². The van der Waals surface area contributed by atoms with Crippen molar-refractivity contribution in [3.63, 3.8) is 0 Å². The third kappa shape index (κ3) is 2.16. The lowest BCUT2D eigenvalue weighted by molar-refractivity contribution is -0.0126. The highest BCUT2D eigenvalue weighted by Crippen LogP contribution is 2.16. The van der Waals surface area contributed by atoms with Gasteiger partial charge in [-0.05, 0) is 6.92 Å². The van der Waals surface area contributed by atoms with Crippen molar-refractivity contribution in [1.82, 2.24) is 0 Å². The molecule has 0 spiro atoms. The smallest absolute Gasteiger partial charge is 0.0899 e. The number of hydrogen-bond acceptors (Lipinski definition) is 3. The van der Waals surface area contributed by atoms with E-state index in [-0.39, 0.29) is 12.7 Å². The van der Waals surface area contributed by atoms with Crippen LogP contribution in [0.2, 0.25) is 0 Å². The molecule has 2 nitrogen and oxygen atoms in total. The molecule has 1 heterocycles. The summed E-state index contributed by atoms with van der Waals surface area (Å²) in [6.07, 6.45) is 0.402. The Morgan fingerprint density at radius 3 is 2.89 bits per heavy atom. The minimum Gasteiger partial charge on any atom is -0.394 e.